The number of hydrogen-bond acceptors (Lipinski definition) is 4. The van der Waals surface area contributed by atoms with Gasteiger partial charge in [0, 0.05) is 0 Å². The van der Waals surface area contributed by atoms with Gasteiger partial charge in [0.1, 0.15) is 6.04 Å². The average Bonchev–Trinajstić information content (AvgIpc) is 2.03. The lowest BCUT2D eigenvalue weighted by molar-refractivity contribution is -0.139. The predicted octanol–water partition coefficient (Wildman–Crippen LogP) is 0.307. The molecule has 0 saturated heterocycles. The summed E-state index contributed by atoms with van der Waals surface area (Å²) >= 11 is 1.75. The molecule has 72 valence electrons. The molecule has 0 aromatic carbocycles. The van der Waals surface area contributed by atoms with Crippen molar-refractivity contribution in [1.82, 2.24) is 10.9 Å². The Kier molecular flexibility index (Phi) is 7.23. The topological polar surface area (TPSA) is 61.4 Å². The fraction of sp³-hybridized carbons (Fsp3) is 0.857. The molecule has 0 heterocycles. The molecule has 4 nitrogen and oxygen atoms in total. The van der Waals surface area contributed by atoms with E-state index in [-0.39, 0.29) is 0 Å². The molecular formula is C7H16N2O2S. The summed E-state index contributed by atoms with van der Waals surface area (Å²) in [7, 11) is 1.67. The van der Waals surface area contributed by atoms with Gasteiger partial charge in [0.2, 0.25) is 0 Å². The number of hydrazine groups is 1. The van der Waals surface area contributed by atoms with Crippen LogP contribution < -0.4 is 10.9 Å². The molecular weight excluding hydrogens is 176 g/mol. The summed E-state index contributed by atoms with van der Waals surface area (Å²) < 4.78 is 0. The highest BCUT2D eigenvalue weighted by molar-refractivity contribution is 7.99. The Morgan fingerprint density at radius 3 is 2.75 bits per heavy atom. The van der Waals surface area contributed by atoms with Crippen molar-refractivity contribution in [2.24, 2.45) is 0 Å². The van der Waals surface area contributed by atoms with Crippen LogP contribution in [0.15, 0.2) is 0 Å². The molecule has 0 amide bonds. The molecule has 0 fully saturated rings. The number of nitrogens with one attached hydrogen (secondary N) is 2. The molecule has 0 aliphatic rings. The molecule has 0 radical (unpaired) electrons. The quantitative estimate of drug-likeness (QED) is 0.400. The minimum absolute atomic E-state index is 0.478. The highest BCUT2D eigenvalue weighted by Crippen LogP contribution is 2.03. The summed E-state index contributed by atoms with van der Waals surface area (Å²) in [6, 6.07) is -0.478. The third kappa shape index (κ3) is 5.40. The lowest BCUT2D eigenvalue weighted by Crippen LogP contribution is -2.43. The molecule has 0 aromatic heterocycles. The first-order valence-corrected chi connectivity index (χ1v) is 5.10. The molecule has 0 aromatic rings. The zero-order valence-corrected chi connectivity index (χ0v) is 8.28. The van der Waals surface area contributed by atoms with Gasteiger partial charge in [-0.3, -0.25) is 10.2 Å². The maximum Gasteiger partial charge on any atom is 0.322 e. The number of carboxylic acids is 1. The normalized spacial score (nSPS) is 12.8. The van der Waals surface area contributed by atoms with Crippen LogP contribution in [0.3, 0.4) is 0 Å². The van der Waals surface area contributed by atoms with Crippen molar-refractivity contribution in [3.63, 3.8) is 0 Å². The van der Waals surface area contributed by atoms with Crippen LogP contribution in [-0.2, 0) is 4.79 Å². The monoisotopic (exact) mass is 192 g/mol. The van der Waals surface area contributed by atoms with Gasteiger partial charge in [0.15, 0.2) is 0 Å². The fourth-order valence-corrected chi connectivity index (χ4v) is 1.47. The second kappa shape index (κ2) is 7.39. The Bertz CT molecular complexity index is 133. The van der Waals surface area contributed by atoms with Gasteiger partial charge in [-0.05, 0) is 25.0 Å². The summed E-state index contributed by atoms with van der Waals surface area (Å²) in [5.74, 6) is 1.11. The van der Waals surface area contributed by atoms with Gasteiger partial charge >= 0.3 is 5.97 Å². The number of hydrogen-bond donors (Lipinski definition) is 3. The number of rotatable bonds is 7. The standard InChI is InChI=1S/C7H16N2O2S/c1-3-12-5-4-6(7(10)11)9-8-2/h6,8-9H,3-5H2,1-2H3,(H,10,11)/t6-/m0/s1. The van der Waals surface area contributed by atoms with Crippen LogP contribution in [0.2, 0.25) is 0 Å². The molecule has 0 bridgehead atoms. The third-order valence-electron chi connectivity index (χ3n) is 1.37. The Morgan fingerprint density at radius 2 is 2.33 bits per heavy atom. The van der Waals surface area contributed by atoms with Gasteiger partial charge in [-0.1, -0.05) is 6.92 Å². The summed E-state index contributed by atoms with van der Waals surface area (Å²) in [6.45, 7) is 2.06. The number of thioether (sulfide) groups is 1. The van der Waals surface area contributed by atoms with E-state index in [0.29, 0.717) is 6.42 Å². The Balaban J connectivity index is 3.56. The lowest BCUT2D eigenvalue weighted by atomic mass is 10.2. The SMILES string of the molecule is CCSCC[C@H](NNC)C(=O)O. The van der Waals surface area contributed by atoms with E-state index in [1.165, 1.54) is 0 Å². The van der Waals surface area contributed by atoms with Crippen molar-refractivity contribution in [3.8, 4) is 0 Å². The fourth-order valence-electron chi connectivity index (χ4n) is 0.777. The van der Waals surface area contributed by atoms with E-state index in [4.69, 9.17) is 5.11 Å². The molecule has 0 spiro atoms. The molecule has 0 saturated carbocycles. The Hall–Kier alpha value is -0.260. The van der Waals surface area contributed by atoms with E-state index in [1.807, 2.05) is 0 Å². The Morgan fingerprint density at radius 1 is 1.67 bits per heavy atom. The lowest BCUT2D eigenvalue weighted by Gasteiger charge is -2.12. The largest absolute Gasteiger partial charge is 0.480 e. The molecule has 1 atom stereocenters. The van der Waals surface area contributed by atoms with E-state index >= 15 is 0 Å². The van der Waals surface area contributed by atoms with Gasteiger partial charge in [0.25, 0.3) is 0 Å². The second-order valence-electron chi connectivity index (χ2n) is 2.27. The molecule has 12 heavy (non-hydrogen) atoms. The smallest absolute Gasteiger partial charge is 0.322 e. The minimum atomic E-state index is -0.805. The molecule has 0 aliphatic heterocycles. The van der Waals surface area contributed by atoms with Crippen molar-refractivity contribution in [2.75, 3.05) is 18.6 Å². The maximum atomic E-state index is 10.6. The summed E-state index contributed by atoms with van der Waals surface area (Å²) in [6.07, 6.45) is 0.648. The van der Waals surface area contributed by atoms with Crippen LogP contribution in [-0.4, -0.2) is 35.7 Å². The highest BCUT2D eigenvalue weighted by atomic mass is 32.2. The maximum absolute atomic E-state index is 10.6. The van der Waals surface area contributed by atoms with Gasteiger partial charge < -0.3 is 5.11 Å². The molecule has 0 rings (SSSR count). The molecule has 0 aliphatic carbocycles. The summed E-state index contributed by atoms with van der Waals surface area (Å²) in [5, 5.41) is 8.69. The first-order valence-electron chi connectivity index (χ1n) is 3.95. The van der Waals surface area contributed by atoms with Crippen LogP contribution in [0.4, 0.5) is 0 Å². The van der Waals surface area contributed by atoms with Crippen LogP contribution >= 0.6 is 11.8 Å². The van der Waals surface area contributed by atoms with Gasteiger partial charge in [-0.15, -0.1) is 0 Å². The zero-order valence-electron chi connectivity index (χ0n) is 7.46. The van der Waals surface area contributed by atoms with Crippen LogP contribution in [0.5, 0.6) is 0 Å². The van der Waals surface area contributed by atoms with Gasteiger partial charge in [-0.2, -0.15) is 11.8 Å². The highest BCUT2D eigenvalue weighted by Gasteiger charge is 2.14. The minimum Gasteiger partial charge on any atom is -0.480 e. The number of carboxylic acid groups (broad SMARTS) is 1. The first-order chi connectivity index (χ1) is 5.72. The Labute approximate surface area is 77.1 Å². The van der Waals surface area contributed by atoms with Gasteiger partial charge in [0.05, 0.1) is 0 Å². The van der Waals surface area contributed by atoms with Crippen LogP contribution in [0, 0.1) is 0 Å². The van der Waals surface area contributed by atoms with Crippen molar-refractivity contribution in [2.45, 2.75) is 19.4 Å². The van der Waals surface area contributed by atoms with Crippen molar-refractivity contribution < 1.29 is 9.90 Å². The summed E-state index contributed by atoms with van der Waals surface area (Å²) in [5.41, 5.74) is 5.31. The first kappa shape index (κ1) is 11.7. The average molecular weight is 192 g/mol. The van der Waals surface area contributed by atoms with E-state index < -0.39 is 12.0 Å². The second-order valence-corrected chi connectivity index (χ2v) is 3.66. The molecule has 3 N–H and O–H groups in total. The number of aliphatic carboxylic acids is 1. The zero-order chi connectivity index (χ0) is 9.40. The van der Waals surface area contributed by atoms with E-state index in [1.54, 1.807) is 18.8 Å². The van der Waals surface area contributed by atoms with Gasteiger partial charge in [-0.25, -0.2) is 5.43 Å². The van der Waals surface area contributed by atoms with E-state index in [0.717, 1.165) is 11.5 Å². The van der Waals surface area contributed by atoms with Crippen molar-refractivity contribution >= 4 is 17.7 Å². The third-order valence-corrected chi connectivity index (χ3v) is 2.30. The van der Waals surface area contributed by atoms with E-state index in [2.05, 4.69) is 17.8 Å². The summed E-state index contributed by atoms with van der Waals surface area (Å²) in [4.78, 5) is 10.6. The number of carbonyl (C=O) groups is 1. The van der Waals surface area contributed by atoms with Crippen LogP contribution in [0.1, 0.15) is 13.3 Å². The predicted molar refractivity (Wildman–Crippen MR) is 51.2 cm³/mol. The molecule has 5 heteroatoms. The van der Waals surface area contributed by atoms with Crippen molar-refractivity contribution in [1.29, 1.82) is 0 Å². The van der Waals surface area contributed by atoms with E-state index in [9.17, 15) is 4.79 Å². The van der Waals surface area contributed by atoms with Crippen molar-refractivity contribution in [3.05, 3.63) is 0 Å². The van der Waals surface area contributed by atoms with Crippen LogP contribution in [0.25, 0.3) is 0 Å². The molecule has 0 unspecified atom stereocenters.